The first-order chi connectivity index (χ1) is 16.0. The average molecular weight is 484 g/mol. The fourth-order valence-corrected chi connectivity index (χ4v) is 4.14. The number of carbonyl (C=O) groups excluding carboxylic acids is 3. The number of benzene rings is 2. The molecule has 0 saturated heterocycles. The lowest BCUT2D eigenvalue weighted by molar-refractivity contribution is -0.127. The summed E-state index contributed by atoms with van der Waals surface area (Å²) in [7, 11) is 0. The SMILES string of the molecule is CC(C)(C)NC(=O)[C@H](c1ccc(F)cc1)N(Cc1ccccc1)C(=O)c1snc(C(N)=O)c1N. The van der Waals surface area contributed by atoms with Crippen molar-refractivity contribution >= 4 is 34.9 Å². The Morgan fingerprint density at radius 2 is 1.71 bits per heavy atom. The van der Waals surface area contributed by atoms with Gasteiger partial charge in [0, 0.05) is 12.1 Å². The van der Waals surface area contributed by atoms with E-state index in [1.54, 1.807) is 0 Å². The number of nitrogens with one attached hydrogen (secondary N) is 1. The number of rotatable bonds is 7. The van der Waals surface area contributed by atoms with Crippen LogP contribution in [0.1, 0.15) is 58.1 Å². The highest BCUT2D eigenvalue weighted by Crippen LogP contribution is 2.30. The Kier molecular flexibility index (Phi) is 7.31. The summed E-state index contributed by atoms with van der Waals surface area (Å²) in [6.07, 6.45) is 0. The van der Waals surface area contributed by atoms with Crippen LogP contribution in [0.25, 0.3) is 0 Å². The van der Waals surface area contributed by atoms with Crippen molar-refractivity contribution in [3.63, 3.8) is 0 Å². The lowest BCUT2D eigenvalue weighted by atomic mass is 10.0. The summed E-state index contributed by atoms with van der Waals surface area (Å²) in [5.41, 5.74) is 11.6. The number of aromatic nitrogens is 1. The molecule has 1 atom stereocenters. The van der Waals surface area contributed by atoms with Crippen LogP contribution in [0.15, 0.2) is 54.6 Å². The fourth-order valence-electron chi connectivity index (χ4n) is 3.38. The van der Waals surface area contributed by atoms with E-state index in [4.69, 9.17) is 11.5 Å². The van der Waals surface area contributed by atoms with Crippen molar-refractivity contribution in [3.8, 4) is 0 Å². The Balaban J connectivity index is 2.15. The quantitative estimate of drug-likeness (QED) is 0.475. The number of nitrogen functional groups attached to an aromatic ring is 1. The van der Waals surface area contributed by atoms with Gasteiger partial charge in [-0.2, -0.15) is 4.37 Å². The molecule has 0 saturated carbocycles. The van der Waals surface area contributed by atoms with Crippen LogP contribution in [0.4, 0.5) is 10.1 Å². The van der Waals surface area contributed by atoms with E-state index in [0.717, 1.165) is 17.1 Å². The molecule has 34 heavy (non-hydrogen) atoms. The van der Waals surface area contributed by atoms with Gasteiger partial charge >= 0.3 is 0 Å². The third kappa shape index (κ3) is 5.76. The maximum absolute atomic E-state index is 13.8. The summed E-state index contributed by atoms with van der Waals surface area (Å²) in [5, 5.41) is 2.90. The molecule has 3 rings (SSSR count). The largest absolute Gasteiger partial charge is 0.395 e. The Hall–Kier alpha value is -3.79. The second-order valence-electron chi connectivity index (χ2n) is 8.75. The molecular weight excluding hydrogens is 457 g/mol. The highest BCUT2D eigenvalue weighted by molar-refractivity contribution is 7.09. The van der Waals surface area contributed by atoms with Crippen LogP contribution in [0, 0.1) is 5.82 Å². The standard InChI is InChI=1S/C24H26FN5O3S/c1-24(2,3)28-22(32)19(15-9-11-16(25)12-10-15)30(13-14-7-5-4-6-8-14)23(33)20-17(26)18(21(27)31)29-34-20/h4-12,19H,13,26H2,1-3H3,(H2,27,31)(H,28,32)/t19-/m0/s1. The number of amides is 3. The number of nitrogens with two attached hydrogens (primary N) is 2. The molecule has 3 aromatic rings. The molecule has 3 amide bonds. The van der Waals surface area contributed by atoms with Gasteiger partial charge in [-0.1, -0.05) is 42.5 Å². The molecule has 0 spiro atoms. The van der Waals surface area contributed by atoms with Gasteiger partial charge in [0.2, 0.25) is 5.91 Å². The molecule has 178 valence electrons. The first kappa shape index (κ1) is 24.8. The van der Waals surface area contributed by atoms with Gasteiger partial charge in [-0.15, -0.1) is 0 Å². The maximum atomic E-state index is 13.8. The third-order valence-electron chi connectivity index (χ3n) is 4.86. The zero-order valence-electron chi connectivity index (χ0n) is 19.0. The minimum Gasteiger partial charge on any atom is -0.395 e. The molecule has 0 aliphatic rings. The van der Waals surface area contributed by atoms with Crippen molar-refractivity contribution in [2.24, 2.45) is 5.73 Å². The van der Waals surface area contributed by atoms with Crippen LogP contribution in [-0.2, 0) is 11.3 Å². The topological polar surface area (TPSA) is 131 Å². The Bertz CT molecular complexity index is 1190. The molecule has 8 nitrogen and oxygen atoms in total. The summed E-state index contributed by atoms with van der Waals surface area (Å²) >= 11 is 0.733. The summed E-state index contributed by atoms with van der Waals surface area (Å²) in [5.74, 6) is -2.40. The molecule has 2 aromatic carbocycles. The number of anilines is 1. The van der Waals surface area contributed by atoms with Gasteiger partial charge in [0.15, 0.2) is 5.69 Å². The first-order valence-corrected chi connectivity index (χ1v) is 11.2. The molecule has 0 aliphatic carbocycles. The van der Waals surface area contributed by atoms with Gasteiger partial charge in [-0.3, -0.25) is 14.4 Å². The van der Waals surface area contributed by atoms with E-state index in [1.165, 1.54) is 29.2 Å². The fraction of sp³-hybridized carbons (Fsp3) is 0.250. The first-order valence-electron chi connectivity index (χ1n) is 10.4. The van der Waals surface area contributed by atoms with E-state index >= 15 is 0 Å². The summed E-state index contributed by atoms with van der Waals surface area (Å²) < 4.78 is 17.6. The minimum atomic E-state index is -1.12. The Labute approximate surface area is 200 Å². The smallest absolute Gasteiger partial charge is 0.270 e. The van der Waals surface area contributed by atoms with Gasteiger partial charge in [-0.05, 0) is 55.6 Å². The van der Waals surface area contributed by atoms with Crippen molar-refractivity contribution in [1.29, 1.82) is 0 Å². The summed E-state index contributed by atoms with van der Waals surface area (Å²) in [6.45, 7) is 5.49. The van der Waals surface area contributed by atoms with Gasteiger partial charge in [0.05, 0.1) is 5.69 Å². The second kappa shape index (κ2) is 10.0. The normalized spacial score (nSPS) is 12.1. The number of hydrogen-bond donors (Lipinski definition) is 3. The predicted octanol–water partition coefficient (Wildman–Crippen LogP) is 3.26. The van der Waals surface area contributed by atoms with E-state index in [9.17, 15) is 18.8 Å². The molecule has 1 heterocycles. The summed E-state index contributed by atoms with van der Waals surface area (Å²) in [6, 6.07) is 13.3. The number of carbonyl (C=O) groups is 3. The Morgan fingerprint density at radius 3 is 2.24 bits per heavy atom. The highest BCUT2D eigenvalue weighted by Gasteiger charge is 2.36. The van der Waals surface area contributed by atoms with E-state index in [-0.39, 0.29) is 22.8 Å². The van der Waals surface area contributed by atoms with Crippen molar-refractivity contribution in [1.82, 2.24) is 14.6 Å². The maximum Gasteiger partial charge on any atom is 0.270 e. The van der Waals surface area contributed by atoms with Gasteiger partial charge < -0.3 is 21.7 Å². The number of halogens is 1. The van der Waals surface area contributed by atoms with Crippen molar-refractivity contribution < 1.29 is 18.8 Å². The summed E-state index contributed by atoms with van der Waals surface area (Å²) in [4.78, 5) is 40.2. The molecule has 5 N–H and O–H groups in total. The molecule has 10 heteroatoms. The Morgan fingerprint density at radius 1 is 1.09 bits per heavy atom. The van der Waals surface area contributed by atoms with Gasteiger partial charge in [-0.25, -0.2) is 4.39 Å². The molecule has 0 bridgehead atoms. The molecular formula is C24H26FN5O3S. The molecule has 0 radical (unpaired) electrons. The number of primary amides is 1. The molecule has 0 fully saturated rings. The zero-order chi connectivity index (χ0) is 25.0. The van der Waals surface area contributed by atoms with Crippen LogP contribution in [0.2, 0.25) is 0 Å². The number of nitrogens with zero attached hydrogens (tertiary/aromatic N) is 2. The average Bonchev–Trinajstić information content (AvgIpc) is 3.15. The number of hydrogen-bond acceptors (Lipinski definition) is 6. The lowest BCUT2D eigenvalue weighted by Crippen LogP contribution is -2.49. The van der Waals surface area contributed by atoms with Crippen molar-refractivity contribution in [3.05, 3.63) is 82.1 Å². The van der Waals surface area contributed by atoms with Crippen molar-refractivity contribution in [2.45, 2.75) is 38.9 Å². The molecule has 0 aliphatic heterocycles. The third-order valence-corrected chi connectivity index (χ3v) is 5.71. The zero-order valence-corrected chi connectivity index (χ0v) is 19.9. The van der Waals surface area contributed by atoms with E-state index in [1.807, 2.05) is 51.1 Å². The van der Waals surface area contributed by atoms with Crippen molar-refractivity contribution in [2.75, 3.05) is 5.73 Å². The highest BCUT2D eigenvalue weighted by atomic mass is 32.1. The van der Waals surface area contributed by atoms with E-state index in [0.29, 0.717) is 5.56 Å². The lowest BCUT2D eigenvalue weighted by Gasteiger charge is -2.33. The van der Waals surface area contributed by atoms with E-state index < -0.39 is 35.1 Å². The second-order valence-corrected chi connectivity index (χ2v) is 9.52. The van der Waals surface area contributed by atoms with Crippen LogP contribution in [-0.4, -0.2) is 32.5 Å². The van der Waals surface area contributed by atoms with Crippen LogP contribution in [0.3, 0.4) is 0 Å². The predicted molar refractivity (Wildman–Crippen MR) is 128 cm³/mol. The van der Waals surface area contributed by atoms with Crippen LogP contribution in [0.5, 0.6) is 0 Å². The van der Waals surface area contributed by atoms with E-state index in [2.05, 4.69) is 9.69 Å². The van der Waals surface area contributed by atoms with Crippen LogP contribution >= 0.6 is 11.5 Å². The van der Waals surface area contributed by atoms with Gasteiger partial charge in [0.25, 0.3) is 11.8 Å². The van der Waals surface area contributed by atoms with Crippen LogP contribution < -0.4 is 16.8 Å². The molecule has 0 unspecified atom stereocenters. The van der Waals surface area contributed by atoms with Gasteiger partial charge in [0.1, 0.15) is 16.7 Å². The minimum absolute atomic E-state index is 0.0135. The monoisotopic (exact) mass is 483 g/mol. The molecule has 1 aromatic heterocycles.